The van der Waals surface area contributed by atoms with E-state index in [2.05, 4.69) is 21.6 Å². The van der Waals surface area contributed by atoms with E-state index in [1.54, 1.807) is 7.11 Å². The van der Waals surface area contributed by atoms with Gasteiger partial charge in [-0.2, -0.15) is 28.6 Å². The summed E-state index contributed by atoms with van der Waals surface area (Å²) in [5.41, 5.74) is 2.10. The molecule has 0 aliphatic carbocycles. The summed E-state index contributed by atoms with van der Waals surface area (Å²) in [7, 11) is 1.69. The Kier molecular flexibility index (Phi) is 5.70. The Labute approximate surface area is 111 Å². The van der Waals surface area contributed by atoms with Crippen LogP contribution in [0, 0.1) is 0 Å². The number of aromatic amines is 1. The molecule has 0 atom stereocenters. The van der Waals surface area contributed by atoms with E-state index in [9.17, 15) is 0 Å². The summed E-state index contributed by atoms with van der Waals surface area (Å²) in [6, 6.07) is 2.67. The van der Waals surface area contributed by atoms with Crippen molar-refractivity contribution in [1.29, 1.82) is 0 Å². The van der Waals surface area contributed by atoms with Gasteiger partial charge in [0.05, 0.1) is 18.0 Å². The molecule has 1 aliphatic heterocycles. The molecule has 0 saturated carbocycles. The largest absolute Gasteiger partial charge is 0.378 e. The maximum Gasteiger partial charge on any atom is 0.0878 e. The summed E-state index contributed by atoms with van der Waals surface area (Å²) in [6.07, 6.45) is 0. The number of hydrogen-bond donors (Lipinski definition) is 2. The number of nitrogens with one attached hydrogen (secondary N) is 2. The van der Waals surface area contributed by atoms with Crippen molar-refractivity contribution in [3.05, 3.63) is 17.5 Å². The van der Waals surface area contributed by atoms with Gasteiger partial charge >= 0.3 is 0 Å². The number of hydrogen-bond acceptors (Lipinski definition) is 5. The predicted molar refractivity (Wildman–Crippen MR) is 74.6 cm³/mol. The van der Waals surface area contributed by atoms with Crippen molar-refractivity contribution in [2.75, 3.05) is 30.1 Å². The van der Waals surface area contributed by atoms with Crippen LogP contribution in [0.1, 0.15) is 11.4 Å². The molecule has 6 heteroatoms. The highest BCUT2D eigenvalue weighted by atomic mass is 32.2. The molecule has 2 heterocycles. The number of thioether (sulfide) groups is 2. The molecule has 1 saturated heterocycles. The molecule has 0 aromatic carbocycles. The van der Waals surface area contributed by atoms with E-state index in [1.807, 2.05) is 23.5 Å². The second-order valence-electron chi connectivity index (χ2n) is 4.05. The van der Waals surface area contributed by atoms with Crippen molar-refractivity contribution in [3.63, 3.8) is 0 Å². The monoisotopic (exact) mass is 273 g/mol. The van der Waals surface area contributed by atoms with Gasteiger partial charge in [-0.1, -0.05) is 0 Å². The van der Waals surface area contributed by atoms with Gasteiger partial charge in [-0.3, -0.25) is 5.10 Å². The Morgan fingerprint density at radius 3 is 2.94 bits per heavy atom. The molecule has 1 fully saturated rings. The van der Waals surface area contributed by atoms with Gasteiger partial charge in [0.25, 0.3) is 0 Å². The Hall–Kier alpha value is -0.170. The Morgan fingerprint density at radius 1 is 1.47 bits per heavy atom. The van der Waals surface area contributed by atoms with Crippen LogP contribution in [0.4, 0.5) is 0 Å². The minimum absolute atomic E-state index is 0.599. The molecule has 17 heavy (non-hydrogen) atoms. The molecule has 1 aliphatic rings. The first-order chi connectivity index (χ1) is 8.38. The molecule has 0 unspecified atom stereocenters. The van der Waals surface area contributed by atoms with E-state index in [0.717, 1.165) is 17.9 Å². The molecule has 1 aromatic rings. The SMILES string of the molecule is COCc1cc(CNC2CSCCSC2)n[nH]1. The van der Waals surface area contributed by atoms with E-state index in [-0.39, 0.29) is 0 Å². The lowest BCUT2D eigenvalue weighted by Gasteiger charge is -2.13. The highest BCUT2D eigenvalue weighted by molar-refractivity contribution is 8.03. The van der Waals surface area contributed by atoms with Crippen molar-refractivity contribution in [2.24, 2.45) is 0 Å². The van der Waals surface area contributed by atoms with Crippen molar-refractivity contribution < 1.29 is 4.74 Å². The summed E-state index contributed by atoms with van der Waals surface area (Å²) in [5, 5.41) is 10.8. The zero-order valence-electron chi connectivity index (χ0n) is 10.1. The van der Waals surface area contributed by atoms with Crippen molar-refractivity contribution in [3.8, 4) is 0 Å². The topological polar surface area (TPSA) is 49.9 Å². The quantitative estimate of drug-likeness (QED) is 0.851. The van der Waals surface area contributed by atoms with Crippen LogP contribution in [0.5, 0.6) is 0 Å². The van der Waals surface area contributed by atoms with Gasteiger partial charge in [-0.05, 0) is 6.07 Å². The van der Waals surface area contributed by atoms with Gasteiger partial charge in [-0.15, -0.1) is 0 Å². The second kappa shape index (κ2) is 7.31. The van der Waals surface area contributed by atoms with Crippen LogP contribution >= 0.6 is 23.5 Å². The first-order valence-corrected chi connectivity index (χ1v) is 8.10. The van der Waals surface area contributed by atoms with Gasteiger partial charge < -0.3 is 10.1 Å². The average molecular weight is 273 g/mol. The summed E-state index contributed by atoms with van der Waals surface area (Å²) in [4.78, 5) is 0. The molecule has 96 valence electrons. The standard InChI is InChI=1S/C11H19N3OS2/c1-15-6-10-4-9(13-14-10)5-12-11-7-16-2-3-17-8-11/h4,11-12H,2-3,5-8H2,1H3,(H,13,14). The summed E-state index contributed by atoms with van der Waals surface area (Å²) in [6.45, 7) is 1.44. The molecular formula is C11H19N3OS2. The Balaban J connectivity index is 1.75. The third-order valence-corrected chi connectivity index (χ3v) is 5.09. The van der Waals surface area contributed by atoms with Crippen LogP contribution in [-0.4, -0.2) is 46.4 Å². The number of H-pyrrole nitrogens is 1. The highest BCUT2D eigenvalue weighted by Crippen LogP contribution is 2.16. The van der Waals surface area contributed by atoms with E-state index >= 15 is 0 Å². The predicted octanol–water partition coefficient (Wildman–Crippen LogP) is 1.49. The average Bonchev–Trinajstić information content (AvgIpc) is 2.63. The van der Waals surface area contributed by atoms with Crippen LogP contribution in [0.15, 0.2) is 6.07 Å². The summed E-state index contributed by atoms with van der Waals surface area (Å²) in [5.74, 6) is 4.98. The zero-order chi connectivity index (χ0) is 11.9. The zero-order valence-corrected chi connectivity index (χ0v) is 11.7. The third kappa shape index (κ3) is 4.54. The second-order valence-corrected chi connectivity index (χ2v) is 6.34. The smallest absolute Gasteiger partial charge is 0.0878 e. The van der Waals surface area contributed by atoms with Gasteiger partial charge in [0.1, 0.15) is 0 Å². The maximum atomic E-state index is 5.05. The molecule has 1 aromatic heterocycles. The molecule has 0 radical (unpaired) electrons. The first kappa shape index (κ1) is 13.3. The molecular weight excluding hydrogens is 254 g/mol. The van der Waals surface area contributed by atoms with E-state index in [1.165, 1.54) is 23.0 Å². The van der Waals surface area contributed by atoms with Gasteiger partial charge in [-0.25, -0.2) is 0 Å². The van der Waals surface area contributed by atoms with Crippen molar-refractivity contribution >= 4 is 23.5 Å². The number of nitrogens with zero attached hydrogens (tertiary/aromatic N) is 1. The molecule has 2 N–H and O–H groups in total. The highest BCUT2D eigenvalue weighted by Gasteiger charge is 2.12. The third-order valence-electron chi connectivity index (χ3n) is 2.57. The van der Waals surface area contributed by atoms with Crippen LogP contribution in [0.2, 0.25) is 0 Å². The van der Waals surface area contributed by atoms with Gasteiger partial charge in [0, 0.05) is 42.7 Å². The fraction of sp³-hybridized carbons (Fsp3) is 0.727. The van der Waals surface area contributed by atoms with Crippen LogP contribution < -0.4 is 5.32 Å². The molecule has 4 nitrogen and oxygen atoms in total. The fourth-order valence-corrected chi connectivity index (χ4v) is 4.18. The molecule has 0 bridgehead atoms. The summed E-state index contributed by atoms with van der Waals surface area (Å²) >= 11 is 4.08. The van der Waals surface area contributed by atoms with E-state index in [0.29, 0.717) is 12.6 Å². The maximum absolute atomic E-state index is 5.05. The van der Waals surface area contributed by atoms with Gasteiger partial charge in [0.2, 0.25) is 0 Å². The Morgan fingerprint density at radius 2 is 2.24 bits per heavy atom. The molecule has 0 amide bonds. The minimum atomic E-state index is 0.599. The lowest BCUT2D eigenvalue weighted by molar-refractivity contribution is 0.181. The summed E-state index contributed by atoms with van der Waals surface area (Å²) < 4.78 is 5.05. The van der Waals surface area contributed by atoms with Crippen LogP contribution in [-0.2, 0) is 17.9 Å². The number of rotatable bonds is 5. The Bertz CT molecular complexity index is 324. The van der Waals surface area contributed by atoms with Gasteiger partial charge in [0.15, 0.2) is 0 Å². The minimum Gasteiger partial charge on any atom is -0.378 e. The number of methoxy groups -OCH3 is 1. The molecule has 0 spiro atoms. The van der Waals surface area contributed by atoms with Crippen molar-refractivity contribution in [2.45, 2.75) is 19.2 Å². The lowest BCUT2D eigenvalue weighted by Crippen LogP contribution is -2.32. The fourth-order valence-electron chi connectivity index (χ4n) is 1.71. The van der Waals surface area contributed by atoms with Crippen LogP contribution in [0.25, 0.3) is 0 Å². The van der Waals surface area contributed by atoms with Crippen molar-refractivity contribution in [1.82, 2.24) is 15.5 Å². The molecule has 2 rings (SSSR count). The van der Waals surface area contributed by atoms with Crippen LogP contribution in [0.3, 0.4) is 0 Å². The van der Waals surface area contributed by atoms with E-state index in [4.69, 9.17) is 4.74 Å². The number of aromatic nitrogens is 2. The van der Waals surface area contributed by atoms with E-state index < -0.39 is 0 Å². The first-order valence-electron chi connectivity index (χ1n) is 5.79. The normalized spacial score (nSPS) is 18.2. The number of ether oxygens (including phenoxy) is 1. The lowest BCUT2D eigenvalue weighted by atomic mass is 10.3.